The summed E-state index contributed by atoms with van der Waals surface area (Å²) in [6.07, 6.45) is 0. The number of sulfonamides is 2. The number of benzene rings is 3. The summed E-state index contributed by atoms with van der Waals surface area (Å²) in [6.45, 7) is 2.14. The molecular formula is C28H32N4O10S2. The van der Waals surface area contributed by atoms with E-state index in [2.05, 4.69) is 5.32 Å². The third-order valence-corrected chi connectivity index (χ3v) is 10.4. The van der Waals surface area contributed by atoms with Crippen molar-refractivity contribution in [1.82, 2.24) is 9.62 Å². The Balaban J connectivity index is 1.41. The number of amides is 1. The number of ether oxygens (including phenoxy) is 3. The highest BCUT2D eigenvalue weighted by Gasteiger charge is 2.30. The molecule has 0 spiro atoms. The van der Waals surface area contributed by atoms with Gasteiger partial charge in [0.15, 0.2) is 0 Å². The van der Waals surface area contributed by atoms with Crippen LogP contribution in [0.5, 0.6) is 11.5 Å². The molecule has 0 saturated carbocycles. The Bertz CT molecular complexity index is 1690. The predicted molar refractivity (Wildman–Crippen MR) is 160 cm³/mol. The van der Waals surface area contributed by atoms with Crippen molar-refractivity contribution >= 4 is 37.3 Å². The quantitative estimate of drug-likeness (QED) is 0.165. The van der Waals surface area contributed by atoms with Crippen molar-refractivity contribution in [2.24, 2.45) is 0 Å². The third kappa shape index (κ3) is 7.63. The van der Waals surface area contributed by atoms with Crippen LogP contribution in [-0.2, 0) is 29.6 Å². The molecule has 4 rings (SSSR count). The van der Waals surface area contributed by atoms with Gasteiger partial charge in [-0.15, -0.1) is 0 Å². The number of carbonyl (C=O) groups is 1. The summed E-state index contributed by atoms with van der Waals surface area (Å²) in [6, 6.07) is 15.4. The monoisotopic (exact) mass is 648 g/mol. The number of rotatable bonds is 13. The van der Waals surface area contributed by atoms with Gasteiger partial charge in [0.2, 0.25) is 15.9 Å². The van der Waals surface area contributed by atoms with Gasteiger partial charge in [-0.05, 0) is 61.5 Å². The lowest BCUT2D eigenvalue weighted by Gasteiger charge is -2.26. The fraction of sp³-hybridized carbons (Fsp3) is 0.321. The average molecular weight is 649 g/mol. The Hall–Kier alpha value is -4.25. The van der Waals surface area contributed by atoms with E-state index >= 15 is 0 Å². The molecule has 0 radical (unpaired) electrons. The van der Waals surface area contributed by atoms with Crippen molar-refractivity contribution in [3.05, 3.63) is 82.4 Å². The van der Waals surface area contributed by atoms with Crippen molar-refractivity contribution in [2.45, 2.75) is 16.7 Å². The lowest BCUT2D eigenvalue weighted by Crippen LogP contribution is -2.42. The molecule has 3 aromatic carbocycles. The zero-order valence-electron chi connectivity index (χ0n) is 24.0. The second-order valence-corrected chi connectivity index (χ2v) is 13.4. The molecular weight excluding hydrogens is 616 g/mol. The molecule has 0 bridgehead atoms. The Kier molecular flexibility index (Phi) is 10.4. The number of anilines is 1. The van der Waals surface area contributed by atoms with Gasteiger partial charge >= 0.3 is 0 Å². The highest BCUT2D eigenvalue weighted by atomic mass is 32.2. The molecule has 1 aliphatic rings. The summed E-state index contributed by atoms with van der Waals surface area (Å²) in [7, 11) is -6.60. The first kappa shape index (κ1) is 32.7. The van der Waals surface area contributed by atoms with Crippen LogP contribution < -0.4 is 19.1 Å². The van der Waals surface area contributed by atoms with E-state index in [1.54, 1.807) is 0 Å². The van der Waals surface area contributed by atoms with E-state index in [9.17, 15) is 31.7 Å². The summed E-state index contributed by atoms with van der Waals surface area (Å²) in [5.41, 5.74) is 0.0673. The van der Waals surface area contributed by atoms with Crippen LogP contribution in [0.15, 0.2) is 76.5 Å². The molecule has 0 aliphatic carbocycles. The van der Waals surface area contributed by atoms with Crippen molar-refractivity contribution in [2.75, 3.05) is 57.4 Å². The molecule has 16 heteroatoms. The maximum Gasteiger partial charge on any atom is 0.273 e. The van der Waals surface area contributed by atoms with Crippen LogP contribution in [-0.4, -0.2) is 85.1 Å². The standard InChI is InChI=1S/C28H32N4O10S2/c1-21-3-10-26(19-27(21)32(34)35)44(38,39)31(22-4-6-23(40-2)7-5-22)20-28(33)29-13-16-42-24-8-11-25(12-9-24)43(36,37)30-14-17-41-18-15-30/h3-12,19H,13-18,20H2,1-2H3,(H,29,33). The first-order valence-corrected chi connectivity index (χ1v) is 16.3. The lowest BCUT2D eigenvalue weighted by atomic mass is 10.2. The van der Waals surface area contributed by atoms with Crippen LogP contribution in [0.4, 0.5) is 11.4 Å². The average Bonchev–Trinajstić information content (AvgIpc) is 3.02. The Morgan fingerprint density at radius 1 is 0.977 bits per heavy atom. The zero-order valence-corrected chi connectivity index (χ0v) is 25.7. The third-order valence-electron chi connectivity index (χ3n) is 6.74. The Labute approximate surface area is 255 Å². The van der Waals surface area contributed by atoms with Crippen LogP contribution in [0.3, 0.4) is 0 Å². The van der Waals surface area contributed by atoms with Crippen LogP contribution in [0.25, 0.3) is 0 Å². The van der Waals surface area contributed by atoms with Crippen LogP contribution >= 0.6 is 0 Å². The number of nitro groups is 1. The fourth-order valence-electron chi connectivity index (χ4n) is 4.33. The predicted octanol–water partition coefficient (Wildman–Crippen LogP) is 2.32. The molecule has 44 heavy (non-hydrogen) atoms. The smallest absolute Gasteiger partial charge is 0.273 e. The van der Waals surface area contributed by atoms with Crippen molar-refractivity contribution in [3.63, 3.8) is 0 Å². The van der Waals surface area contributed by atoms with Gasteiger partial charge in [0, 0.05) is 24.7 Å². The lowest BCUT2D eigenvalue weighted by molar-refractivity contribution is -0.385. The van der Waals surface area contributed by atoms with Crippen LogP contribution in [0.1, 0.15) is 5.56 Å². The molecule has 0 aromatic heterocycles. The highest BCUT2D eigenvalue weighted by Crippen LogP contribution is 2.29. The second kappa shape index (κ2) is 14.0. The number of nitrogens with zero attached hydrogens (tertiary/aromatic N) is 3. The molecule has 1 amide bonds. The number of morpholine rings is 1. The highest BCUT2D eigenvalue weighted by molar-refractivity contribution is 7.92. The van der Waals surface area contributed by atoms with Gasteiger partial charge in [0.05, 0.1) is 47.3 Å². The summed E-state index contributed by atoms with van der Waals surface area (Å²) in [5, 5.41) is 14.0. The van der Waals surface area contributed by atoms with Crippen LogP contribution in [0.2, 0.25) is 0 Å². The molecule has 1 N–H and O–H groups in total. The van der Waals surface area contributed by atoms with Crippen molar-refractivity contribution < 1.29 is 40.8 Å². The summed E-state index contributed by atoms with van der Waals surface area (Å²) < 4.78 is 71.0. The number of carbonyl (C=O) groups excluding carboxylic acids is 1. The largest absolute Gasteiger partial charge is 0.497 e. The molecule has 0 atom stereocenters. The van der Waals surface area contributed by atoms with E-state index < -0.39 is 37.4 Å². The Morgan fingerprint density at radius 2 is 1.59 bits per heavy atom. The number of aryl methyl sites for hydroxylation is 1. The van der Waals surface area contributed by atoms with E-state index in [1.807, 2.05) is 0 Å². The Morgan fingerprint density at radius 3 is 2.20 bits per heavy atom. The summed E-state index contributed by atoms with van der Waals surface area (Å²) in [5.74, 6) is 0.190. The summed E-state index contributed by atoms with van der Waals surface area (Å²) in [4.78, 5) is 23.4. The maximum absolute atomic E-state index is 13.6. The fourth-order valence-corrected chi connectivity index (χ4v) is 7.18. The molecule has 0 unspecified atom stereocenters. The zero-order chi connectivity index (χ0) is 31.9. The summed E-state index contributed by atoms with van der Waals surface area (Å²) >= 11 is 0. The van der Waals surface area contributed by atoms with Gasteiger partial charge in [-0.3, -0.25) is 19.2 Å². The SMILES string of the molecule is COc1ccc(N(CC(=O)NCCOc2ccc(S(=O)(=O)N3CCOCC3)cc2)S(=O)(=O)c2ccc(C)c([N+](=O)[O-])c2)cc1. The minimum absolute atomic E-state index is 0.0131. The van der Waals surface area contributed by atoms with Crippen molar-refractivity contribution in [1.29, 1.82) is 0 Å². The molecule has 1 fully saturated rings. The topological polar surface area (TPSA) is 175 Å². The van der Waals surface area contributed by atoms with Gasteiger partial charge in [-0.25, -0.2) is 16.8 Å². The molecule has 3 aromatic rings. The van der Waals surface area contributed by atoms with Gasteiger partial charge in [0.1, 0.15) is 24.7 Å². The number of hydrogen-bond acceptors (Lipinski definition) is 10. The van der Waals surface area contributed by atoms with E-state index in [0.29, 0.717) is 24.7 Å². The normalized spacial score (nSPS) is 14.0. The first-order valence-electron chi connectivity index (χ1n) is 13.4. The molecule has 1 saturated heterocycles. The number of nitro benzene ring substituents is 1. The maximum atomic E-state index is 13.6. The molecule has 1 heterocycles. The van der Waals surface area contributed by atoms with E-state index in [1.165, 1.54) is 79.0 Å². The second-order valence-electron chi connectivity index (χ2n) is 9.60. The van der Waals surface area contributed by atoms with Gasteiger partial charge in [0.25, 0.3) is 15.7 Å². The molecule has 236 valence electrons. The molecule has 14 nitrogen and oxygen atoms in total. The van der Waals surface area contributed by atoms with E-state index in [-0.39, 0.29) is 53.0 Å². The first-order chi connectivity index (χ1) is 20.9. The van der Waals surface area contributed by atoms with Crippen molar-refractivity contribution in [3.8, 4) is 11.5 Å². The number of hydrogen-bond donors (Lipinski definition) is 1. The number of methoxy groups -OCH3 is 1. The number of nitrogens with one attached hydrogen (secondary N) is 1. The molecule has 1 aliphatic heterocycles. The minimum atomic E-state index is -4.40. The van der Waals surface area contributed by atoms with Gasteiger partial charge in [-0.2, -0.15) is 4.31 Å². The van der Waals surface area contributed by atoms with E-state index in [4.69, 9.17) is 14.2 Å². The minimum Gasteiger partial charge on any atom is -0.497 e. The van der Waals surface area contributed by atoms with E-state index in [0.717, 1.165) is 10.4 Å². The van der Waals surface area contributed by atoms with Crippen LogP contribution in [0, 0.1) is 17.0 Å². The van der Waals surface area contributed by atoms with Gasteiger partial charge in [-0.1, -0.05) is 6.07 Å². The van der Waals surface area contributed by atoms with Gasteiger partial charge < -0.3 is 19.5 Å².